The van der Waals surface area contributed by atoms with E-state index in [0.717, 1.165) is 31.2 Å². The van der Waals surface area contributed by atoms with Gasteiger partial charge in [0.25, 0.3) is 0 Å². The topological polar surface area (TPSA) is 0 Å². The largest absolute Gasteiger partial charge is 0.244 e. The third kappa shape index (κ3) is 1.86. The molecular formula is C14H18ClF. The average Bonchev–Trinajstić information content (AvgIpc) is 2.68. The van der Waals surface area contributed by atoms with E-state index in [2.05, 4.69) is 0 Å². The van der Waals surface area contributed by atoms with E-state index in [4.69, 9.17) is 11.6 Å². The Hall–Kier alpha value is -0.560. The number of hydrogen-bond acceptors (Lipinski definition) is 0. The van der Waals surface area contributed by atoms with Gasteiger partial charge in [0.15, 0.2) is 0 Å². The van der Waals surface area contributed by atoms with E-state index >= 15 is 0 Å². The van der Waals surface area contributed by atoms with Crippen LogP contribution in [0.3, 0.4) is 0 Å². The Morgan fingerprint density at radius 2 is 1.62 bits per heavy atom. The van der Waals surface area contributed by atoms with Gasteiger partial charge in [-0.2, -0.15) is 0 Å². The Morgan fingerprint density at radius 1 is 1.12 bits per heavy atom. The Kier molecular flexibility index (Phi) is 3.00. The van der Waals surface area contributed by atoms with Crippen molar-refractivity contribution in [3.05, 3.63) is 34.9 Å². The molecular weight excluding hydrogens is 223 g/mol. The highest BCUT2D eigenvalue weighted by Crippen LogP contribution is 2.50. The van der Waals surface area contributed by atoms with E-state index in [1.54, 1.807) is 13.8 Å². The number of halogens is 2. The van der Waals surface area contributed by atoms with Gasteiger partial charge in [-0.1, -0.05) is 36.6 Å². The molecule has 0 aromatic heterocycles. The number of hydrogen-bond donors (Lipinski definition) is 0. The fraction of sp³-hybridized carbons (Fsp3) is 0.571. The van der Waals surface area contributed by atoms with E-state index in [1.165, 1.54) is 0 Å². The summed E-state index contributed by atoms with van der Waals surface area (Å²) in [4.78, 5) is 0. The lowest BCUT2D eigenvalue weighted by molar-refractivity contribution is 0.0917. The summed E-state index contributed by atoms with van der Waals surface area (Å²) in [5.41, 5.74) is -0.378. The molecule has 0 bridgehead atoms. The van der Waals surface area contributed by atoms with E-state index in [9.17, 15) is 4.39 Å². The van der Waals surface area contributed by atoms with Gasteiger partial charge in [0.2, 0.25) is 0 Å². The Bertz CT molecular complexity index is 355. The average molecular weight is 241 g/mol. The molecule has 0 amide bonds. The third-order valence-corrected chi connectivity index (χ3v) is 4.24. The van der Waals surface area contributed by atoms with Crippen molar-refractivity contribution < 1.29 is 4.39 Å². The zero-order valence-electron chi connectivity index (χ0n) is 9.89. The molecule has 1 aliphatic rings. The Labute approximate surface area is 102 Å². The number of alkyl halides is 1. The summed E-state index contributed by atoms with van der Waals surface area (Å²) in [6.45, 7) is 3.40. The van der Waals surface area contributed by atoms with Gasteiger partial charge in [0, 0.05) is 10.4 Å². The predicted octanol–water partition coefficient (Wildman–Crippen LogP) is 4.90. The highest BCUT2D eigenvalue weighted by Gasteiger charge is 2.48. The van der Waals surface area contributed by atoms with Crippen LogP contribution >= 0.6 is 11.6 Å². The molecule has 0 saturated heterocycles. The molecule has 88 valence electrons. The number of benzene rings is 1. The summed E-state index contributed by atoms with van der Waals surface area (Å²) in [6, 6.07) is 7.69. The molecule has 0 spiro atoms. The second-order valence-electron chi connectivity index (χ2n) is 5.27. The molecule has 16 heavy (non-hydrogen) atoms. The van der Waals surface area contributed by atoms with Gasteiger partial charge in [0.1, 0.15) is 5.67 Å². The van der Waals surface area contributed by atoms with Crippen molar-refractivity contribution in [1.29, 1.82) is 0 Å². The van der Waals surface area contributed by atoms with Crippen LogP contribution in [0.1, 0.15) is 45.1 Å². The van der Waals surface area contributed by atoms with Gasteiger partial charge in [0.05, 0.1) is 0 Å². The van der Waals surface area contributed by atoms with Crippen molar-refractivity contribution in [1.82, 2.24) is 0 Å². The Balaban J connectivity index is 2.44. The van der Waals surface area contributed by atoms with Gasteiger partial charge in [-0.15, -0.1) is 0 Å². The molecule has 1 aliphatic carbocycles. The van der Waals surface area contributed by atoms with Crippen LogP contribution in [0.5, 0.6) is 0 Å². The van der Waals surface area contributed by atoms with E-state index < -0.39 is 5.67 Å². The lowest BCUT2D eigenvalue weighted by Gasteiger charge is -2.39. The summed E-state index contributed by atoms with van der Waals surface area (Å²) < 4.78 is 14.5. The summed E-state index contributed by atoms with van der Waals surface area (Å²) in [6.07, 6.45) is 4.13. The van der Waals surface area contributed by atoms with Crippen LogP contribution in [0.25, 0.3) is 0 Å². The maximum absolute atomic E-state index is 14.5. The standard InChI is InChI=1S/C14H18ClF/c1-13(2,16)14(9-3-4-10-14)11-5-7-12(15)8-6-11/h5-8H,3-4,9-10H2,1-2H3. The molecule has 1 fully saturated rings. The molecule has 0 atom stereocenters. The minimum Gasteiger partial charge on any atom is -0.244 e. The molecule has 1 aromatic carbocycles. The predicted molar refractivity (Wildman–Crippen MR) is 66.8 cm³/mol. The minimum atomic E-state index is -1.17. The van der Waals surface area contributed by atoms with Gasteiger partial charge in [-0.05, 0) is 44.4 Å². The first kappa shape index (κ1) is 11.9. The third-order valence-electron chi connectivity index (χ3n) is 3.99. The van der Waals surface area contributed by atoms with Crippen molar-refractivity contribution in [2.45, 2.75) is 50.6 Å². The van der Waals surface area contributed by atoms with Crippen LogP contribution in [0.4, 0.5) is 4.39 Å². The van der Waals surface area contributed by atoms with Crippen molar-refractivity contribution in [3.63, 3.8) is 0 Å². The SMILES string of the molecule is CC(C)(F)C1(c2ccc(Cl)cc2)CCCC1. The lowest BCUT2D eigenvalue weighted by Crippen LogP contribution is -2.41. The normalized spacial score (nSPS) is 20.0. The molecule has 0 aliphatic heterocycles. The van der Waals surface area contributed by atoms with Gasteiger partial charge in [-0.25, -0.2) is 4.39 Å². The summed E-state index contributed by atoms with van der Waals surface area (Å²) in [5, 5.41) is 0.716. The van der Waals surface area contributed by atoms with Crippen molar-refractivity contribution in [2.75, 3.05) is 0 Å². The first-order valence-electron chi connectivity index (χ1n) is 5.91. The van der Waals surface area contributed by atoms with Crippen LogP contribution in [0, 0.1) is 0 Å². The zero-order valence-corrected chi connectivity index (χ0v) is 10.6. The smallest absolute Gasteiger partial charge is 0.115 e. The van der Waals surface area contributed by atoms with Crippen LogP contribution < -0.4 is 0 Å². The van der Waals surface area contributed by atoms with Crippen molar-refractivity contribution in [3.8, 4) is 0 Å². The van der Waals surface area contributed by atoms with Gasteiger partial charge in [-0.3, -0.25) is 0 Å². The van der Waals surface area contributed by atoms with Crippen LogP contribution in [-0.2, 0) is 5.41 Å². The van der Waals surface area contributed by atoms with Gasteiger partial charge >= 0.3 is 0 Å². The van der Waals surface area contributed by atoms with Gasteiger partial charge < -0.3 is 0 Å². The van der Waals surface area contributed by atoms with Crippen molar-refractivity contribution >= 4 is 11.6 Å². The maximum Gasteiger partial charge on any atom is 0.115 e. The summed E-state index contributed by atoms with van der Waals surface area (Å²) in [7, 11) is 0. The zero-order chi connectivity index (χ0) is 11.8. The molecule has 0 nitrogen and oxygen atoms in total. The van der Waals surface area contributed by atoms with Crippen LogP contribution in [0.15, 0.2) is 24.3 Å². The molecule has 1 saturated carbocycles. The van der Waals surface area contributed by atoms with Crippen molar-refractivity contribution in [2.24, 2.45) is 0 Å². The lowest BCUT2D eigenvalue weighted by atomic mass is 9.68. The van der Waals surface area contributed by atoms with Crippen LogP contribution in [0.2, 0.25) is 5.02 Å². The molecule has 2 heteroatoms. The first-order chi connectivity index (χ1) is 7.46. The fourth-order valence-electron chi connectivity index (χ4n) is 2.97. The maximum atomic E-state index is 14.5. The minimum absolute atomic E-state index is 0.308. The van der Waals surface area contributed by atoms with E-state index in [0.29, 0.717) is 5.02 Å². The number of rotatable bonds is 2. The van der Waals surface area contributed by atoms with E-state index in [1.807, 2.05) is 24.3 Å². The monoisotopic (exact) mass is 240 g/mol. The fourth-order valence-corrected chi connectivity index (χ4v) is 3.10. The molecule has 2 rings (SSSR count). The highest BCUT2D eigenvalue weighted by atomic mass is 35.5. The highest BCUT2D eigenvalue weighted by molar-refractivity contribution is 6.30. The molecule has 1 aromatic rings. The van der Waals surface area contributed by atoms with Crippen LogP contribution in [-0.4, -0.2) is 5.67 Å². The molecule has 0 N–H and O–H groups in total. The molecule has 0 unspecified atom stereocenters. The molecule has 0 radical (unpaired) electrons. The summed E-state index contributed by atoms with van der Waals surface area (Å²) in [5.74, 6) is 0. The molecule has 0 heterocycles. The quantitative estimate of drug-likeness (QED) is 0.690. The summed E-state index contributed by atoms with van der Waals surface area (Å²) >= 11 is 5.88. The second kappa shape index (κ2) is 4.03. The second-order valence-corrected chi connectivity index (χ2v) is 5.70. The first-order valence-corrected chi connectivity index (χ1v) is 6.28. The Morgan fingerprint density at radius 3 is 2.06 bits per heavy atom. The van der Waals surface area contributed by atoms with E-state index in [-0.39, 0.29) is 5.41 Å².